The molecule has 0 atom stereocenters. The third kappa shape index (κ3) is 3.79. The SMILES string of the molecule is CCCc1nc(-c2c(C)cc(C)nc2NC(=O)c2cccc(C)c2)no1. The topological polar surface area (TPSA) is 80.9 Å². The fourth-order valence-corrected chi connectivity index (χ4v) is 2.85. The van der Waals surface area contributed by atoms with Crippen molar-refractivity contribution in [2.75, 3.05) is 5.32 Å². The van der Waals surface area contributed by atoms with Gasteiger partial charge in [0.05, 0.1) is 5.56 Å². The van der Waals surface area contributed by atoms with E-state index in [0.29, 0.717) is 28.7 Å². The second-order valence-electron chi connectivity index (χ2n) is 6.39. The minimum absolute atomic E-state index is 0.218. The van der Waals surface area contributed by atoms with E-state index in [1.54, 1.807) is 6.07 Å². The normalized spacial score (nSPS) is 10.8. The number of hydrogen-bond acceptors (Lipinski definition) is 5. The second kappa shape index (κ2) is 7.47. The number of aryl methyl sites for hydroxylation is 4. The van der Waals surface area contributed by atoms with Crippen molar-refractivity contribution in [2.24, 2.45) is 0 Å². The molecule has 0 aliphatic rings. The fourth-order valence-electron chi connectivity index (χ4n) is 2.85. The lowest BCUT2D eigenvalue weighted by Crippen LogP contribution is -2.15. The molecule has 0 saturated carbocycles. The molecule has 0 spiro atoms. The van der Waals surface area contributed by atoms with E-state index in [-0.39, 0.29) is 5.91 Å². The Morgan fingerprint density at radius 1 is 1.15 bits per heavy atom. The van der Waals surface area contributed by atoms with Gasteiger partial charge in [-0.2, -0.15) is 4.98 Å². The average molecular weight is 350 g/mol. The van der Waals surface area contributed by atoms with Crippen LogP contribution in [0.3, 0.4) is 0 Å². The van der Waals surface area contributed by atoms with Gasteiger partial charge in [0.25, 0.3) is 5.91 Å². The van der Waals surface area contributed by atoms with Crippen LogP contribution in [0, 0.1) is 20.8 Å². The van der Waals surface area contributed by atoms with Crippen LogP contribution >= 0.6 is 0 Å². The van der Waals surface area contributed by atoms with Crippen molar-refractivity contribution in [1.82, 2.24) is 15.1 Å². The largest absolute Gasteiger partial charge is 0.339 e. The van der Waals surface area contributed by atoms with Gasteiger partial charge in [0.1, 0.15) is 5.82 Å². The number of rotatable bonds is 5. The van der Waals surface area contributed by atoms with Gasteiger partial charge in [0, 0.05) is 17.7 Å². The van der Waals surface area contributed by atoms with Crippen LogP contribution in [-0.2, 0) is 6.42 Å². The number of nitrogens with zero attached hydrogens (tertiary/aromatic N) is 3. The highest BCUT2D eigenvalue weighted by molar-refractivity contribution is 6.05. The monoisotopic (exact) mass is 350 g/mol. The van der Waals surface area contributed by atoms with E-state index in [2.05, 4.69) is 27.4 Å². The zero-order chi connectivity index (χ0) is 18.7. The molecule has 26 heavy (non-hydrogen) atoms. The van der Waals surface area contributed by atoms with Gasteiger partial charge in [-0.05, 0) is 51.0 Å². The summed E-state index contributed by atoms with van der Waals surface area (Å²) in [6.07, 6.45) is 1.64. The molecule has 1 N–H and O–H groups in total. The van der Waals surface area contributed by atoms with Crippen LogP contribution in [0.2, 0.25) is 0 Å². The van der Waals surface area contributed by atoms with Crippen molar-refractivity contribution >= 4 is 11.7 Å². The highest BCUT2D eigenvalue weighted by Crippen LogP contribution is 2.29. The number of benzene rings is 1. The van der Waals surface area contributed by atoms with Crippen LogP contribution in [0.25, 0.3) is 11.4 Å². The predicted octanol–water partition coefficient (Wildman–Crippen LogP) is 4.26. The van der Waals surface area contributed by atoms with Crippen molar-refractivity contribution in [1.29, 1.82) is 0 Å². The Hall–Kier alpha value is -3.02. The van der Waals surface area contributed by atoms with Crippen LogP contribution in [0.5, 0.6) is 0 Å². The molecule has 0 unspecified atom stereocenters. The number of pyridine rings is 1. The molecule has 134 valence electrons. The van der Waals surface area contributed by atoms with E-state index < -0.39 is 0 Å². The Bertz CT molecular complexity index is 947. The van der Waals surface area contributed by atoms with Gasteiger partial charge >= 0.3 is 0 Å². The van der Waals surface area contributed by atoms with Crippen molar-refractivity contribution in [3.63, 3.8) is 0 Å². The first kappa shape index (κ1) is 17.8. The molecule has 1 amide bonds. The van der Waals surface area contributed by atoms with Crippen LogP contribution in [0.4, 0.5) is 5.82 Å². The van der Waals surface area contributed by atoms with Crippen LogP contribution in [0.1, 0.15) is 46.4 Å². The number of carbonyl (C=O) groups is 1. The number of amides is 1. The summed E-state index contributed by atoms with van der Waals surface area (Å²) in [6, 6.07) is 9.36. The van der Waals surface area contributed by atoms with Gasteiger partial charge in [0.2, 0.25) is 11.7 Å². The Balaban J connectivity index is 1.99. The molecule has 0 saturated heterocycles. The Morgan fingerprint density at radius 3 is 2.69 bits per heavy atom. The Morgan fingerprint density at radius 2 is 1.96 bits per heavy atom. The van der Waals surface area contributed by atoms with Crippen molar-refractivity contribution in [2.45, 2.75) is 40.5 Å². The van der Waals surface area contributed by atoms with Crippen LogP contribution in [0.15, 0.2) is 34.9 Å². The maximum absolute atomic E-state index is 12.7. The molecule has 0 bridgehead atoms. The fraction of sp³-hybridized carbons (Fsp3) is 0.300. The lowest BCUT2D eigenvalue weighted by molar-refractivity contribution is 0.102. The van der Waals surface area contributed by atoms with E-state index in [1.807, 2.05) is 45.0 Å². The summed E-state index contributed by atoms with van der Waals surface area (Å²) in [7, 11) is 0. The molecule has 6 heteroatoms. The molecule has 0 aliphatic heterocycles. The summed E-state index contributed by atoms with van der Waals surface area (Å²) < 4.78 is 5.30. The molecule has 3 aromatic rings. The summed E-state index contributed by atoms with van der Waals surface area (Å²) in [5, 5.41) is 6.98. The molecule has 0 aliphatic carbocycles. The second-order valence-corrected chi connectivity index (χ2v) is 6.39. The first-order chi connectivity index (χ1) is 12.5. The molecular weight excluding hydrogens is 328 g/mol. The van der Waals surface area contributed by atoms with Gasteiger partial charge in [-0.3, -0.25) is 4.79 Å². The van der Waals surface area contributed by atoms with E-state index in [9.17, 15) is 4.79 Å². The summed E-state index contributed by atoms with van der Waals surface area (Å²) in [6.45, 7) is 7.84. The minimum atomic E-state index is -0.218. The van der Waals surface area contributed by atoms with E-state index in [4.69, 9.17) is 4.52 Å². The molecule has 0 radical (unpaired) electrons. The lowest BCUT2D eigenvalue weighted by Gasteiger charge is -2.12. The van der Waals surface area contributed by atoms with Gasteiger partial charge in [0.15, 0.2) is 0 Å². The third-order valence-electron chi connectivity index (χ3n) is 4.01. The smallest absolute Gasteiger partial charge is 0.256 e. The van der Waals surface area contributed by atoms with Crippen molar-refractivity contribution in [3.05, 3.63) is 58.6 Å². The zero-order valence-electron chi connectivity index (χ0n) is 15.5. The van der Waals surface area contributed by atoms with Gasteiger partial charge in [-0.25, -0.2) is 4.98 Å². The zero-order valence-corrected chi connectivity index (χ0v) is 15.5. The molecule has 0 fully saturated rings. The van der Waals surface area contributed by atoms with E-state index in [0.717, 1.165) is 29.7 Å². The number of aromatic nitrogens is 3. The molecule has 1 aromatic carbocycles. The predicted molar refractivity (Wildman–Crippen MR) is 100 cm³/mol. The van der Waals surface area contributed by atoms with E-state index in [1.165, 1.54) is 0 Å². The van der Waals surface area contributed by atoms with Crippen LogP contribution < -0.4 is 5.32 Å². The Labute approximate surface area is 152 Å². The third-order valence-corrected chi connectivity index (χ3v) is 4.01. The molecule has 2 aromatic heterocycles. The first-order valence-electron chi connectivity index (χ1n) is 8.67. The Kier molecular flexibility index (Phi) is 5.11. The number of anilines is 1. The minimum Gasteiger partial charge on any atom is -0.339 e. The summed E-state index contributed by atoms with van der Waals surface area (Å²) in [5.41, 5.74) is 4.02. The summed E-state index contributed by atoms with van der Waals surface area (Å²) in [5.74, 6) is 1.25. The molecule has 6 nitrogen and oxygen atoms in total. The maximum atomic E-state index is 12.7. The first-order valence-corrected chi connectivity index (χ1v) is 8.67. The van der Waals surface area contributed by atoms with Gasteiger partial charge < -0.3 is 9.84 Å². The number of hydrogen-bond donors (Lipinski definition) is 1. The maximum Gasteiger partial charge on any atom is 0.256 e. The number of nitrogens with one attached hydrogen (secondary N) is 1. The van der Waals surface area contributed by atoms with Gasteiger partial charge in [-0.15, -0.1) is 0 Å². The van der Waals surface area contributed by atoms with E-state index >= 15 is 0 Å². The summed E-state index contributed by atoms with van der Waals surface area (Å²) in [4.78, 5) is 21.6. The average Bonchev–Trinajstić information content (AvgIpc) is 3.02. The quantitative estimate of drug-likeness (QED) is 0.743. The number of carbonyl (C=O) groups excluding carboxylic acids is 1. The molecular formula is C20H22N4O2. The van der Waals surface area contributed by atoms with Crippen molar-refractivity contribution in [3.8, 4) is 11.4 Å². The lowest BCUT2D eigenvalue weighted by atomic mass is 10.1. The summed E-state index contributed by atoms with van der Waals surface area (Å²) >= 11 is 0. The van der Waals surface area contributed by atoms with Crippen molar-refractivity contribution < 1.29 is 9.32 Å². The highest BCUT2D eigenvalue weighted by atomic mass is 16.5. The standard InChI is InChI=1S/C20H22N4O2/c1-5-7-16-22-19(24-26-16)17-13(3)11-14(4)21-18(17)23-20(25)15-9-6-8-12(2)10-15/h6,8-11H,5,7H2,1-4H3,(H,21,23,25). The molecule has 2 heterocycles. The van der Waals surface area contributed by atoms with Gasteiger partial charge in [-0.1, -0.05) is 29.8 Å². The molecule has 3 rings (SSSR count). The van der Waals surface area contributed by atoms with Crippen LogP contribution in [-0.4, -0.2) is 21.0 Å². The highest BCUT2D eigenvalue weighted by Gasteiger charge is 2.19.